The van der Waals surface area contributed by atoms with Gasteiger partial charge in [-0.3, -0.25) is 0 Å². The number of rotatable bonds is 8. The number of aromatic nitrogens is 2. The number of halogens is 6. The predicted octanol–water partition coefficient (Wildman–Crippen LogP) is 6.73. The van der Waals surface area contributed by atoms with Gasteiger partial charge in [0.05, 0.1) is 5.52 Å². The van der Waals surface area contributed by atoms with E-state index in [9.17, 15) is 13.2 Å². The monoisotopic (exact) mass is 609 g/mol. The molecule has 0 amide bonds. The molecule has 0 spiro atoms. The number of hydrogen-bond donors (Lipinski definition) is 3. The summed E-state index contributed by atoms with van der Waals surface area (Å²) in [4.78, 5) is 9.26. The fourth-order valence-corrected chi connectivity index (χ4v) is 4.66. The summed E-state index contributed by atoms with van der Waals surface area (Å²) in [6.07, 6.45) is -0.397. The van der Waals surface area contributed by atoms with Crippen LogP contribution in [0.25, 0.3) is 10.9 Å². The van der Waals surface area contributed by atoms with Gasteiger partial charge in [-0.15, -0.1) is 38.0 Å². The molecule has 36 heavy (non-hydrogen) atoms. The highest BCUT2D eigenvalue weighted by Crippen LogP contribution is 2.30. The second kappa shape index (κ2) is 13.5. The number of nitrogens with one attached hydrogen (secondary N) is 3. The molecule has 1 aromatic heterocycles. The number of nitrogens with zero attached hydrogens (tertiary/aromatic N) is 2. The first kappa shape index (κ1) is 30.2. The molecule has 0 radical (unpaired) electrons. The summed E-state index contributed by atoms with van der Waals surface area (Å²) in [7, 11) is 1.85. The van der Waals surface area contributed by atoms with E-state index < -0.39 is 6.36 Å². The van der Waals surface area contributed by atoms with Gasteiger partial charge in [-0.25, -0.2) is 4.98 Å². The van der Waals surface area contributed by atoms with Crippen LogP contribution in [0.2, 0.25) is 0 Å². The summed E-state index contributed by atoms with van der Waals surface area (Å²) >= 11 is 3.20. The van der Waals surface area contributed by atoms with Gasteiger partial charge >= 0.3 is 6.36 Å². The van der Waals surface area contributed by atoms with Crippen molar-refractivity contribution in [1.82, 2.24) is 15.3 Å². The van der Waals surface area contributed by atoms with Gasteiger partial charge in [0.15, 0.2) is 0 Å². The third kappa shape index (κ3) is 8.26. The van der Waals surface area contributed by atoms with Gasteiger partial charge in [0.2, 0.25) is 5.95 Å². The van der Waals surface area contributed by atoms with E-state index in [1.807, 2.05) is 31.3 Å². The van der Waals surface area contributed by atoms with Crippen molar-refractivity contribution in [2.24, 2.45) is 0 Å². The van der Waals surface area contributed by atoms with Crippen LogP contribution in [0.1, 0.15) is 31.2 Å². The maximum Gasteiger partial charge on any atom is 0.573 e. The fraction of sp³-hybridized carbons (Fsp3) is 0.417. The van der Waals surface area contributed by atoms with Gasteiger partial charge < -0.3 is 20.7 Å². The summed E-state index contributed by atoms with van der Waals surface area (Å²) in [6.45, 7) is 0.581. The van der Waals surface area contributed by atoms with Gasteiger partial charge in [-0.1, -0.05) is 34.1 Å². The summed E-state index contributed by atoms with van der Waals surface area (Å²) in [5.41, 5.74) is 1.42. The molecule has 1 aliphatic carbocycles. The van der Waals surface area contributed by atoms with E-state index in [4.69, 9.17) is 0 Å². The van der Waals surface area contributed by atoms with E-state index in [0.29, 0.717) is 35.0 Å². The van der Waals surface area contributed by atoms with Gasteiger partial charge in [-0.05, 0) is 68.5 Å². The van der Waals surface area contributed by atoms with Gasteiger partial charge in [0, 0.05) is 29.0 Å². The smallest absolute Gasteiger partial charge is 0.405 e. The normalized spacial score (nSPS) is 17.6. The van der Waals surface area contributed by atoms with E-state index in [2.05, 4.69) is 46.6 Å². The van der Waals surface area contributed by atoms with Crippen molar-refractivity contribution < 1.29 is 17.9 Å². The molecule has 1 heterocycles. The van der Waals surface area contributed by atoms with Crippen LogP contribution >= 0.6 is 40.7 Å². The van der Waals surface area contributed by atoms with Gasteiger partial charge in [0.25, 0.3) is 0 Å². The molecular weight excluding hydrogens is 582 g/mol. The average Bonchev–Trinajstić information content (AvgIpc) is 2.80. The second-order valence-corrected chi connectivity index (χ2v) is 9.28. The zero-order valence-corrected chi connectivity index (χ0v) is 22.8. The largest absolute Gasteiger partial charge is 0.573 e. The van der Waals surface area contributed by atoms with Crippen LogP contribution in [0.4, 0.5) is 24.9 Å². The highest BCUT2D eigenvalue weighted by atomic mass is 79.9. The Hall–Kier alpha value is -2.01. The van der Waals surface area contributed by atoms with E-state index in [0.717, 1.165) is 42.4 Å². The molecule has 2 aromatic carbocycles. The number of benzene rings is 2. The zero-order valence-electron chi connectivity index (χ0n) is 19.6. The molecule has 6 nitrogen and oxygen atoms in total. The number of ether oxygens (including phenoxy) is 1. The molecule has 0 saturated heterocycles. The molecule has 0 aliphatic heterocycles. The molecule has 1 aliphatic rings. The van der Waals surface area contributed by atoms with Crippen LogP contribution < -0.4 is 20.7 Å². The van der Waals surface area contributed by atoms with E-state index in [1.54, 1.807) is 12.1 Å². The molecule has 1 fully saturated rings. The first-order valence-electron chi connectivity index (χ1n) is 11.3. The molecular formula is C24H29BrCl2F3N5O. The van der Waals surface area contributed by atoms with E-state index in [-0.39, 0.29) is 36.6 Å². The molecule has 12 heteroatoms. The van der Waals surface area contributed by atoms with Crippen LogP contribution in [-0.4, -0.2) is 42.0 Å². The Labute approximate surface area is 229 Å². The number of alkyl halides is 3. The first-order chi connectivity index (χ1) is 16.3. The highest BCUT2D eigenvalue weighted by Gasteiger charge is 2.32. The second-order valence-electron chi connectivity index (χ2n) is 8.36. The Balaban J connectivity index is 0.00000228. The van der Waals surface area contributed by atoms with Crippen molar-refractivity contribution in [2.75, 3.05) is 24.2 Å². The third-order valence-electron chi connectivity index (χ3n) is 5.98. The molecule has 4 rings (SSSR count). The maximum atomic E-state index is 12.7. The van der Waals surface area contributed by atoms with Crippen molar-refractivity contribution in [3.63, 3.8) is 0 Å². The van der Waals surface area contributed by atoms with Crippen molar-refractivity contribution in [1.29, 1.82) is 0 Å². The molecule has 3 N–H and O–H groups in total. The molecule has 3 aromatic rings. The predicted molar refractivity (Wildman–Crippen MR) is 146 cm³/mol. The highest BCUT2D eigenvalue weighted by molar-refractivity contribution is 9.10. The quantitative estimate of drug-likeness (QED) is 0.263. The topological polar surface area (TPSA) is 71.1 Å². The fourth-order valence-electron chi connectivity index (χ4n) is 4.32. The number of anilines is 2. The van der Waals surface area contributed by atoms with Gasteiger partial charge in [-0.2, -0.15) is 4.98 Å². The molecule has 0 atom stereocenters. The number of para-hydroxylation sites is 1. The average molecular weight is 611 g/mol. The molecule has 0 bridgehead atoms. The minimum absolute atomic E-state index is 0. The van der Waals surface area contributed by atoms with Crippen LogP contribution in [0.5, 0.6) is 5.75 Å². The van der Waals surface area contributed by atoms with Crippen LogP contribution in [0, 0.1) is 0 Å². The van der Waals surface area contributed by atoms with Crippen molar-refractivity contribution >= 4 is 63.4 Å². The third-order valence-corrected chi connectivity index (χ3v) is 6.48. The lowest BCUT2D eigenvalue weighted by Crippen LogP contribution is -2.38. The Morgan fingerprint density at radius 1 is 1.00 bits per heavy atom. The van der Waals surface area contributed by atoms with Crippen molar-refractivity contribution in [2.45, 2.75) is 50.6 Å². The van der Waals surface area contributed by atoms with Crippen molar-refractivity contribution in [3.05, 3.63) is 52.5 Å². The first-order valence-corrected chi connectivity index (χ1v) is 12.1. The summed E-state index contributed by atoms with van der Waals surface area (Å²) < 4.78 is 42.9. The lowest BCUT2D eigenvalue weighted by atomic mass is 9.91. The lowest BCUT2D eigenvalue weighted by molar-refractivity contribution is -0.274. The maximum absolute atomic E-state index is 12.7. The molecule has 1 saturated carbocycles. The van der Waals surface area contributed by atoms with Crippen molar-refractivity contribution in [3.8, 4) is 5.75 Å². The Morgan fingerprint density at radius 3 is 2.39 bits per heavy atom. The summed E-state index contributed by atoms with van der Waals surface area (Å²) in [5, 5.41) is 11.1. The Kier molecular flexibility index (Phi) is 11.3. The Morgan fingerprint density at radius 2 is 1.69 bits per heavy atom. The number of hydrogen-bond acceptors (Lipinski definition) is 6. The zero-order chi connectivity index (χ0) is 24.1. The lowest BCUT2D eigenvalue weighted by Gasteiger charge is -2.30. The molecule has 0 unspecified atom stereocenters. The van der Waals surface area contributed by atoms with Crippen LogP contribution in [0.3, 0.4) is 0 Å². The summed E-state index contributed by atoms with van der Waals surface area (Å²) in [5.74, 6) is 1.25. The Bertz CT molecular complexity index is 1130. The van der Waals surface area contributed by atoms with Crippen LogP contribution in [0.15, 0.2) is 46.9 Å². The van der Waals surface area contributed by atoms with E-state index in [1.165, 1.54) is 6.07 Å². The standard InChI is InChI=1S/C24H27BrF3N5O.2ClH/c1-29-22-19-4-2-3-5-20(19)32-23(33-22)31-18-10-8-17(9-11-18)30-13-12-15-6-7-16(25)14-21(15)34-24(26,27)28;;/h2-7,14,17-18,30H,8-13H2,1H3,(H2,29,31,32,33);2*1H/t17-,18+;;. The number of fused-ring (bicyclic) bond motifs is 1. The molecule has 198 valence electrons. The van der Waals surface area contributed by atoms with E-state index >= 15 is 0 Å². The van der Waals surface area contributed by atoms with Crippen LogP contribution in [-0.2, 0) is 6.42 Å². The minimum atomic E-state index is -4.71. The minimum Gasteiger partial charge on any atom is -0.405 e. The SMILES string of the molecule is CNc1nc(N[C@H]2CC[C@@H](NCCc3ccc(Br)cc3OC(F)(F)F)CC2)nc2ccccc12.Cl.Cl. The summed E-state index contributed by atoms with van der Waals surface area (Å²) in [6, 6.07) is 13.2. The van der Waals surface area contributed by atoms with Gasteiger partial charge in [0.1, 0.15) is 11.6 Å².